The summed E-state index contributed by atoms with van der Waals surface area (Å²) in [5.74, 6) is 0.0534. The summed E-state index contributed by atoms with van der Waals surface area (Å²) in [5.41, 5.74) is 12.2. The molecule has 2 fully saturated rings. The highest BCUT2D eigenvalue weighted by Gasteiger charge is 2.47. The van der Waals surface area contributed by atoms with Crippen molar-refractivity contribution in [1.82, 2.24) is 20.9 Å². The van der Waals surface area contributed by atoms with Crippen molar-refractivity contribution >= 4 is 0 Å². The van der Waals surface area contributed by atoms with Gasteiger partial charge in [-0.15, -0.1) is 13.2 Å². The van der Waals surface area contributed by atoms with Gasteiger partial charge in [-0.3, -0.25) is 20.9 Å². The molecule has 0 radical (unpaired) electrons. The minimum atomic E-state index is -0.410. The molecule has 2 rings (SSSR count). The number of hydrogen-bond acceptors (Lipinski definition) is 6. The molecule has 0 amide bonds. The van der Waals surface area contributed by atoms with Gasteiger partial charge in [0.1, 0.15) is 18.4 Å². The van der Waals surface area contributed by atoms with Crippen LogP contribution >= 0.6 is 0 Å². The fourth-order valence-electron chi connectivity index (χ4n) is 3.66. The van der Waals surface area contributed by atoms with E-state index in [9.17, 15) is 0 Å². The lowest BCUT2D eigenvalue weighted by atomic mass is 9.82. The number of nitrogens with zero attached hydrogens (tertiary/aromatic N) is 1. The maximum Gasteiger partial charge on any atom is 0.133 e. The van der Waals surface area contributed by atoms with Crippen LogP contribution in [0.1, 0.15) is 32.1 Å². The first-order chi connectivity index (χ1) is 10.1. The SMILES string of the molecule is C=CCN(CC=C)C1(C2CCCCC2)NC(N)NC(N)N1. The van der Waals surface area contributed by atoms with Crippen molar-refractivity contribution in [3.8, 4) is 0 Å². The van der Waals surface area contributed by atoms with Crippen LogP contribution in [0.2, 0.25) is 0 Å². The average Bonchev–Trinajstić information content (AvgIpc) is 2.47. The van der Waals surface area contributed by atoms with Gasteiger partial charge >= 0.3 is 0 Å². The molecule has 0 aromatic rings. The van der Waals surface area contributed by atoms with E-state index < -0.39 is 5.79 Å². The molecule has 1 aliphatic heterocycles. The average molecular weight is 294 g/mol. The van der Waals surface area contributed by atoms with Crippen LogP contribution in [-0.4, -0.2) is 36.4 Å². The Labute approximate surface area is 128 Å². The second kappa shape index (κ2) is 7.49. The highest BCUT2D eigenvalue weighted by Crippen LogP contribution is 2.34. The third-order valence-electron chi connectivity index (χ3n) is 4.50. The molecule has 1 saturated carbocycles. The van der Waals surface area contributed by atoms with E-state index in [-0.39, 0.29) is 12.6 Å². The lowest BCUT2D eigenvalue weighted by Crippen LogP contribution is -2.85. The monoisotopic (exact) mass is 294 g/mol. The fraction of sp³-hybridized carbons (Fsp3) is 0.733. The molecule has 2 atom stereocenters. The topological polar surface area (TPSA) is 91.4 Å². The molecule has 0 spiro atoms. The number of nitrogens with one attached hydrogen (secondary N) is 3. The van der Waals surface area contributed by atoms with Gasteiger partial charge in [0.25, 0.3) is 0 Å². The van der Waals surface area contributed by atoms with Crippen molar-refractivity contribution in [2.75, 3.05) is 13.1 Å². The molecule has 2 aliphatic rings. The highest BCUT2D eigenvalue weighted by molar-refractivity contribution is 5.01. The Kier molecular flexibility index (Phi) is 5.92. The Bertz CT molecular complexity index is 332. The van der Waals surface area contributed by atoms with Gasteiger partial charge in [-0.25, -0.2) is 0 Å². The molecule has 21 heavy (non-hydrogen) atoms. The zero-order valence-corrected chi connectivity index (χ0v) is 12.9. The Hall–Kier alpha value is -0.760. The quantitative estimate of drug-likeness (QED) is 0.448. The minimum absolute atomic E-state index is 0.333. The number of hydrogen-bond donors (Lipinski definition) is 5. The predicted molar refractivity (Wildman–Crippen MR) is 86.6 cm³/mol. The third-order valence-corrected chi connectivity index (χ3v) is 4.50. The fourth-order valence-corrected chi connectivity index (χ4v) is 3.66. The van der Waals surface area contributed by atoms with Crippen LogP contribution in [0.15, 0.2) is 25.3 Å². The van der Waals surface area contributed by atoms with E-state index in [1.165, 1.54) is 32.1 Å². The van der Waals surface area contributed by atoms with Crippen LogP contribution in [0.3, 0.4) is 0 Å². The van der Waals surface area contributed by atoms with Crippen LogP contribution in [0.4, 0.5) is 0 Å². The van der Waals surface area contributed by atoms with Gasteiger partial charge in [0.05, 0.1) is 0 Å². The summed E-state index contributed by atoms with van der Waals surface area (Å²) >= 11 is 0. The highest BCUT2D eigenvalue weighted by atomic mass is 15.6. The lowest BCUT2D eigenvalue weighted by molar-refractivity contribution is -0.0756. The van der Waals surface area contributed by atoms with Crippen molar-refractivity contribution in [3.05, 3.63) is 25.3 Å². The Morgan fingerprint density at radius 3 is 2.00 bits per heavy atom. The van der Waals surface area contributed by atoms with Crippen LogP contribution < -0.4 is 27.4 Å². The standard InChI is InChI=1S/C15H30N6/c1-3-10-21(11-4-2)15(12-8-6-5-7-9-12)19-13(16)18-14(17)20-15/h3-4,12-14,18-20H,1-2,5-11,16-17H2. The van der Waals surface area contributed by atoms with Crippen LogP contribution in [0.5, 0.6) is 0 Å². The van der Waals surface area contributed by atoms with Crippen LogP contribution in [0.25, 0.3) is 0 Å². The van der Waals surface area contributed by atoms with Gasteiger partial charge in [-0.1, -0.05) is 31.4 Å². The molecule has 0 aromatic carbocycles. The van der Waals surface area contributed by atoms with Crippen LogP contribution in [0, 0.1) is 5.92 Å². The molecule has 6 heteroatoms. The predicted octanol–water partition coefficient (Wildman–Crippen LogP) is 0.162. The van der Waals surface area contributed by atoms with Gasteiger partial charge < -0.3 is 11.5 Å². The van der Waals surface area contributed by atoms with Gasteiger partial charge in [0.2, 0.25) is 0 Å². The van der Waals surface area contributed by atoms with Crippen molar-refractivity contribution in [2.45, 2.75) is 50.5 Å². The second-order valence-corrected chi connectivity index (χ2v) is 5.99. The molecular weight excluding hydrogens is 264 g/mol. The summed E-state index contributed by atoms with van der Waals surface area (Å²) < 4.78 is 0. The smallest absolute Gasteiger partial charge is 0.133 e. The van der Waals surface area contributed by atoms with Gasteiger partial charge in [0, 0.05) is 19.0 Å². The first-order valence-corrected chi connectivity index (χ1v) is 7.92. The maximum absolute atomic E-state index is 6.12. The zero-order valence-electron chi connectivity index (χ0n) is 12.9. The zero-order chi connectivity index (χ0) is 15.3. The van der Waals surface area contributed by atoms with E-state index in [1.807, 2.05) is 12.2 Å². The maximum atomic E-state index is 6.12. The van der Waals surface area contributed by atoms with Crippen LogP contribution in [-0.2, 0) is 0 Å². The summed E-state index contributed by atoms with van der Waals surface area (Å²) in [7, 11) is 0. The first kappa shape index (κ1) is 16.6. The lowest BCUT2D eigenvalue weighted by Gasteiger charge is -2.55. The molecule has 120 valence electrons. The molecule has 1 saturated heterocycles. The Balaban J connectivity index is 2.30. The number of rotatable bonds is 6. The number of nitrogens with two attached hydrogens (primary N) is 2. The van der Waals surface area contributed by atoms with E-state index in [2.05, 4.69) is 34.0 Å². The minimum Gasteiger partial charge on any atom is -0.303 e. The van der Waals surface area contributed by atoms with E-state index in [4.69, 9.17) is 11.5 Å². The molecule has 6 nitrogen and oxygen atoms in total. The van der Waals surface area contributed by atoms with Crippen molar-refractivity contribution in [2.24, 2.45) is 17.4 Å². The first-order valence-electron chi connectivity index (χ1n) is 7.92. The largest absolute Gasteiger partial charge is 0.303 e. The van der Waals surface area contributed by atoms with E-state index >= 15 is 0 Å². The van der Waals surface area contributed by atoms with Crippen molar-refractivity contribution < 1.29 is 0 Å². The molecular formula is C15H30N6. The normalized spacial score (nSPS) is 34.8. The van der Waals surface area contributed by atoms with E-state index in [1.54, 1.807) is 0 Å². The molecule has 2 unspecified atom stereocenters. The summed E-state index contributed by atoms with van der Waals surface area (Å²) in [5, 5.41) is 10.1. The van der Waals surface area contributed by atoms with Gasteiger partial charge in [-0.05, 0) is 12.8 Å². The van der Waals surface area contributed by atoms with Gasteiger partial charge in [-0.2, -0.15) is 0 Å². The summed E-state index contributed by atoms with van der Waals surface area (Å²) in [6, 6.07) is 0. The summed E-state index contributed by atoms with van der Waals surface area (Å²) in [4.78, 5) is 2.30. The summed E-state index contributed by atoms with van der Waals surface area (Å²) in [6.07, 6.45) is 9.32. The molecule has 1 heterocycles. The van der Waals surface area contributed by atoms with E-state index in [0.29, 0.717) is 5.92 Å². The molecule has 1 aliphatic carbocycles. The summed E-state index contributed by atoms with van der Waals surface area (Å²) in [6.45, 7) is 9.27. The Morgan fingerprint density at radius 1 is 1.00 bits per heavy atom. The second-order valence-electron chi connectivity index (χ2n) is 5.99. The Morgan fingerprint density at radius 2 is 1.52 bits per heavy atom. The van der Waals surface area contributed by atoms with Crippen molar-refractivity contribution in [3.63, 3.8) is 0 Å². The molecule has 0 bridgehead atoms. The van der Waals surface area contributed by atoms with Gasteiger partial charge in [0.15, 0.2) is 0 Å². The van der Waals surface area contributed by atoms with E-state index in [0.717, 1.165) is 13.1 Å². The molecule has 0 aromatic heterocycles. The molecule has 7 N–H and O–H groups in total. The van der Waals surface area contributed by atoms with Crippen molar-refractivity contribution in [1.29, 1.82) is 0 Å². The third kappa shape index (κ3) is 3.71.